The predicted molar refractivity (Wildman–Crippen MR) is 144 cm³/mol. The summed E-state index contributed by atoms with van der Waals surface area (Å²) in [5, 5.41) is 12.1. The highest BCUT2D eigenvalue weighted by Crippen LogP contribution is 2.27. The maximum atomic E-state index is 14.3. The molecule has 8 heteroatoms. The Morgan fingerprint density at radius 1 is 1.03 bits per heavy atom. The van der Waals surface area contributed by atoms with Crippen molar-refractivity contribution in [2.45, 2.75) is 59.6 Å². The second-order valence-electron chi connectivity index (χ2n) is 9.90. The fourth-order valence-corrected chi connectivity index (χ4v) is 4.55. The van der Waals surface area contributed by atoms with E-state index in [4.69, 9.17) is 16.3 Å². The quantitative estimate of drug-likeness (QED) is 0.248. The summed E-state index contributed by atoms with van der Waals surface area (Å²) in [4.78, 5) is 24.8. The van der Waals surface area contributed by atoms with E-state index in [0.29, 0.717) is 17.9 Å². The number of carbonyl (C=O) groups excluding carboxylic acids is 1. The Morgan fingerprint density at radius 2 is 1.71 bits per heavy atom. The number of ether oxygens (including phenoxy) is 1. The lowest BCUT2D eigenvalue weighted by Crippen LogP contribution is -2.30. The summed E-state index contributed by atoms with van der Waals surface area (Å²) in [6, 6.07) is 12.7. The molecular formula is C30H32ClF2NO4. The number of carboxylic acids is 1. The monoisotopic (exact) mass is 543 g/mol. The Morgan fingerprint density at radius 3 is 2.34 bits per heavy atom. The maximum absolute atomic E-state index is 14.3. The molecule has 0 aliphatic heterocycles. The third-order valence-electron chi connectivity index (χ3n) is 6.12. The first kappa shape index (κ1) is 29.1. The van der Waals surface area contributed by atoms with Crippen molar-refractivity contribution >= 4 is 23.5 Å². The molecule has 0 radical (unpaired) electrons. The lowest BCUT2D eigenvalue weighted by atomic mass is 9.93. The van der Waals surface area contributed by atoms with Gasteiger partial charge in [0.15, 0.2) is 5.82 Å². The standard InChI is InChI=1S/C30H32ClF2NO4/c1-17(2)11-27(21-13-18(3)12-19(4)14-21)34-30(37)23-15-22(7-5-20(23)6-10-28(35)36)38-16-24-26(32)9-8-25(31)29(24)33/h5,7-9,12-15,17,27H,6,10-11,16H2,1-4H3,(H,34,37)(H,35,36). The van der Waals surface area contributed by atoms with E-state index in [2.05, 4.69) is 25.2 Å². The van der Waals surface area contributed by atoms with Crippen LogP contribution in [0.5, 0.6) is 5.75 Å². The summed E-state index contributed by atoms with van der Waals surface area (Å²) in [5.41, 5.74) is 3.60. The molecule has 0 aromatic heterocycles. The van der Waals surface area contributed by atoms with Gasteiger partial charge in [-0.25, -0.2) is 8.78 Å². The van der Waals surface area contributed by atoms with E-state index >= 15 is 0 Å². The topological polar surface area (TPSA) is 75.6 Å². The number of hydrogen-bond acceptors (Lipinski definition) is 3. The smallest absolute Gasteiger partial charge is 0.303 e. The second-order valence-corrected chi connectivity index (χ2v) is 10.3. The van der Waals surface area contributed by atoms with Gasteiger partial charge in [-0.15, -0.1) is 0 Å². The fourth-order valence-electron chi connectivity index (χ4n) is 4.37. The van der Waals surface area contributed by atoms with E-state index in [1.54, 1.807) is 12.1 Å². The largest absolute Gasteiger partial charge is 0.489 e. The van der Waals surface area contributed by atoms with Crippen molar-refractivity contribution in [3.8, 4) is 5.75 Å². The second kappa shape index (κ2) is 12.9. The van der Waals surface area contributed by atoms with Crippen molar-refractivity contribution in [2.75, 3.05) is 0 Å². The van der Waals surface area contributed by atoms with E-state index in [-0.39, 0.29) is 46.7 Å². The Bertz CT molecular complexity index is 1310. The Hall–Kier alpha value is -3.45. The molecule has 0 spiro atoms. The van der Waals surface area contributed by atoms with Gasteiger partial charge in [0.1, 0.15) is 18.2 Å². The molecule has 0 fully saturated rings. The van der Waals surface area contributed by atoms with Gasteiger partial charge in [0, 0.05) is 12.0 Å². The van der Waals surface area contributed by atoms with Crippen LogP contribution in [-0.2, 0) is 17.8 Å². The number of rotatable bonds is 11. The summed E-state index contributed by atoms with van der Waals surface area (Å²) in [5.74, 6) is -2.58. The number of carboxylic acid groups (broad SMARTS) is 1. The van der Waals surface area contributed by atoms with Crippen molar-refractivity contribution in [3.63, 3.8) is 0 Å². The number of carbonyl (C=O) groups is 2. The summed E-state index contributed by atoms with van der Waals surface area (Å²) < 4.78 is 34.1. The van der Waals surface area contributed by atoms with Crippen molar-refractivity contribution in [1.29, 1.82) is 0 Å². The number of benzene rings is 3. The molecule has 3 rings (SSSR count). The molecule has 3 aromatic carbocycles. The van der Waals surface area contributed by atoms with Crippen molar-refractivity contribution < 1.29 is 28.2 Å². The molecule has 0 saturated carbocycles. The summed E-state index contributed by atoms with van der Waals surface area (Å²) in [6.45, 7) is 7.71. The lowest BCUT2D eigenvalue weighted by molar-refractivity contribution is -0.136. The van der Waals surface area contributed by atoms with E-state index in [1.807, 2.05) is 26.0 Å². The van der Waals surface area contributed by atoms with E-state index in [1.165, 1.54) is 6.07 Å². The number of aliphatic carboxylic acids is 1. The zero-order valence-corrected chi connectivity index (χ0v) is 22.7. The van der Waals surface area contributed by atoms with Crippen LogP contribution in [0.25, 0.3) is 0 Å². The zero-order valence-electron chi connectivity index (χ0n) is 21.9. The number of aryl methyl sites for hydroxylation is 3. The van der Waals surface area contributed by atoms with Gasteiger partial charge in [-0.1, -0.05) is 60.8 Å². The molecule has 2 N–H and O–H groups in total. The molecule has 0 heterocycles. The van der Waals surface area contributed by atoms with Gasteiger partial charge >= 0.3 is 5.97 Å². The first-order chi connectivity index (χ1) is 17.9. The summed E-state index contributed by atoms with van der Waals surface area (Å²) >= 11 is 5.77. The Labute approximate surface area is 226 Å². The normalized spacial score (nSPS) is 11.9. The summed E-state index contributed by atoms with van der Waals surface area (Å²) in [6.07, 6.45) is 0.669. The van der Waals surface area contributed by atoms with Crippen LogP contribution in [-0.4, -0.2) is 17.0 Å². The lowest BCUT2D eigenvalue weighted by Gasteiger charge is -2.23. The minimum absolute atomic E-state index is 0.133. The van der Waals surface area contributed by atoms with E-state index < -0.39 is 24.2 Å². The minimum atomic E-state index is -0.989. The van der Waals surface area contributed by atoms with Gasteiger partial charge < -0.3 is 15.2 Å². The molecular weight excluding hydrogens is 512 g/mol. The first-order valence-corrected chi connectivity index (χ1v) is 12.8. The van der Waals surface area contributed by atoms with Crippen LogP contribution in [0.4, 0.5) is 8.78 Å². The summed E-state index contributed by atoms with van der Waals surface area (Å²) in [7, 11) is 0. The predicted octanol–water partition coefficient (Wildman–Crippen LogP) is 7.35. The van der Waals surface area contributed by atoms with Crippen molar-refractivity contribution in [2.24, 2.45) is 5.92 Å². The molecule has 0 aliphatic carbocycles. The minimum Gasteiger partial charge on any atom is -0.489 e. The molecule has 1 amide bonds. The number of halogens is 3. The van der Waals surface area contributed by atoms with Crippen LogP contribution in [0.15, 0.2) is 48.5 Å². The van der Waals surface area contributed by atoms with Gasteiger partial charge in [0.05, 0.1) is 16.6 Å². The molecule has 1 unspecified atom stereocenters. The molecule has 3 aromatic rings. The van der Waals surface area contributed by atoms with Crippen LogP contribution in [0, 0.1) is 31.4 Å². The third-order valence-corrected chi connectivity index (χ3v) is 6.41. The molecule has 38 heavy (non-hydrogen) atoms. The first-order valence-electron chi connectivity index (χ1n) is 12.4. The Balaban J connectivity index is 1.92. The average molecular weight is 544 g/mol. The third kappa shape index (κ3) is 7.78. The van der Waals surface area contributed by atoms with Gasteiger partial charge in [-0.05, 0) is 68.0 Å². The molecule has 0 aliphatic rings. The molecule has 202 valence electrons. The van der Waals surface area contributed by atoms with Crippen LogP contribution < -0.4 is 10.1 Å². The zero-order chi connectivity index (χ0) is 28.0. The number of hydrogen-bond donors (Lipinski definition) is 2. The highest BCUT2D eigenvalue weighted by atomic mass is 35.5. The van der Waals surface area contributed by atoms with Crippen LogP contribution in [0.3, 0.4) is 0 Å². The highest BCUT2D eigenvalue weighted by Gasteiger charge is 2.21. The molecule has 0 saturated heterocycles. The number of amides is 1. The van der Waals surface area contributed by atoms with E-state index in [9.17, 15) is 23.5 Å². The van der Waals surface area contributed by atoms with Crippen LogP contribution in [0.1, 0.15) is 70.9 Å². The molecule has 0 bridgehead atoms. The van der Waals surface area contributed by atoms with Gasteiger partial charge in [-0.2, -0.15) is 0 Å². The fraction of sp³-hybridized carbons (Fsp3) is 0.333. The van der Waals surface area contributed by atoms with Crippen molar-refractivity contribution in [3.05, 3.63) is 98.6 Å². The SMILES string of the molecule is Cc1cc(C)cc(C(CC(C)C)NC(=O)c2cc(OCc3c(F)ccc(Cl)c3F)ccc2CCC(=O)O)c1. The molecule has 1 atom stereocenters. The van der Waals surface area contributed by atoms with Gasteiger partial charge in [-0.3, -0.25) is 9.59 Å². The highest BCUT2D eigenvalue weighted by molar-refractivity contribution is 6.30. The van der Waals surface area contributed by atoms with Crippen molar-refractivity contribution in [1.82, 2.24) is 5.32 Å². The molecule has 5 nitrogen and oxygen atoms in total. The average Bonchev–Trinajstić information content (AvgIpc) is 2.84. The van der Waals surface area contributed by atoms with Crippen LogP contribution in [0.2, 0.25) is 5.02 Å². The van der Waals surface area contributed by atoms with Gasteiger partial charge in [0.25, 0.3) is 5.91 Å². The number of nitrogens with one attached hydrogen (secondary N) is 1. The Kier molecular flexibility index (Phi) is 9.86. The van der Waals surface area contributed by atoms with E-state index in [0.717, 1.165) is 28.8 Å². The van der Waals surface area contributed by atoms with Crippen LogP contribution >= 0.6 is 11.6 Å². The maximum Gasteiger partial charge on any atom is 0.303 e. The van der Waals surface area contributed by atoms with Gasteiger partial charge in [0.2, 0.25) is 0 Å².